The van der Waals surface area contributed by atoms with Crippen molar-refractivity contribution in [1.82, 2.24) is 4.90 Å². The van der Waals surface area contributed by atoms with Crippen molar-refractivity contribution in [2.75, 3.05) is 19.8 Å². The molecule has 1 heterocycles. The third-order valence-electron chi connectivity index (χ3n) is 4.03. The number of hydrogen-bond acceptors (Lipinski definition) is 6. The molecule has 1 fully saturated rings. The predicted molar refractivity (Wildman–Crippen MR) is 115 cm³/mol. The van der Waals surface area contributed by atoms with Gasteiger partial charge in [0, 0.05) is 10.0 Å². The summed E-state index contributed by atoms with van der Waals surface area (Å²) < 4.78 is 11.8. The summed E-state index contributed by atoms with van der Waals surface area (Å²) in [6.07, 6.45) is 1.60. The van der Waals surface area contributed by atoms with E-state index < -0.39 is 0 Å². The van der Waals surface area contributed by atoms with E-state index in [2.05, 4.69) is 15.9 Å². The smallest absolute Gasteiger partial charge is 0.293 e. The number of rotatable bonds is 7. The van der Waals surface area contributed by atoms with Crippen molar-refractivity contribution in [3.05, 3.63) is 63.0 Å². The van der Waals surface area contributed by atoms with E-state index in [0.717, 1.165) is 21.8 Å². The summed E-state index contributed by atoms with van der Waals surface area (Å²) in [7, 11) is 0. The molecule has 8 heteroatoms. The summed E-state index contributed by atoms with van der Waals surface area (Å²) in [5.41, 5.74) is 1.73. The van der Waals surface area contributed by atoms with E-state index >= 15 is 0 Å². The van der Waals surface area contributed by atoms with E-state index in [1.54, 1.807) is 24.3 Å². The number of halogens is 1. The van der Waals surface area contributed by atoms with Crippen LogP contribution >= 0.6 is 27.7 Å². The number of nitriles is 1. The highest BCUT2D eigenvalue weighted by molar-refractivity contribution is 9.10. The molecule has 0 N–H and O–H groups in total. The van der Waals surface area contributed by atoms with E-state index in [1.165, 1.54) is 4.90 Å². The molecule has 148 valence electrons. The Hall–Kier alpha value is -2.76. The number of benzene rings is 2. The van der Waals surface area contributed by atoms with Crippen LogP contribution in [0.2, 0.25) is 0 Å². The van der Waals surface area contributed by atoms with Gasteiger partial charge < -0.3 is 9.47 Å². The maximum atomic E-state index is 12.7. The summed E-state index contributed by atoms with van der Waals surface area (Å²) in [5.74, 6) is 0.773. The molecule has 29 heavy (non-hydrogen) atoms. The lowest BCUT2D eigenvalue weighted by molar-refractivity contribution is -0.123. The van der Waals surface area contributed by atoms with Gasteiger partial charge in [0.25, 0.3) is 11.1 Å². The van der Waals surface area contributed by atoms with Crippen molar-refractivity contribution in [2.45, 2.75) is 6.92 Å². The molecule has 2 aromatic carbocycles. The van der Waals surface area contributed by atoms with E-state index in [4.69, 9.17) is 14.7 Å². The van der Waals surface area contributed by atoms with Crippen LogP contribution in [0, 0.1) is 18.3 Å². The minimum atomic E-state index is -0.376. The van der Waals surface area contributed by atoms with Gasteiger partial charge in [0.15, 0.2) is 6.61 Å². The van der Waals surface area contributed by atoms with Gasteiger partial charge in [-0.3, -0.25) is 14.5 Å². The second-order valence-electron chi connectivity index (χ2n) is 6.12. The Balaban J connectivity index is 1.69. The van der Waals surface area contributed by atoms with Crippen molar-refractivity contribution in [2.24, 2.45) is 0 Å². The number of imide groups is 1. The molecular formula is C21H17BrN2O4S. The highest BCUT2D eigenvalue weighted by atomic mass is 79.9. The molecule has 6 nitrogen and oxygen atoms in total. The van der Waals surface area contributed by atoms with E-state index in [-0.39, 0.29) is 30.9 Å². The highest BCUT2D eigenvalue weighted by Gasteiger charge is 2.35. The molecule has 1 aliphatic heterocycles. The van der Waals surface area contributed by atoms with Crippen molar-refractivity contribution in [3.8, 4) is 17.6 Å². The molecular weight excluding hydrogens is 456 g/mol. The largest absolute Gasteiger partial charge is 0.492 e. The number of aryl methyl sites for hydroxylation is 1. The summed E-state index contributed by atoms with van der Waals surface area (Å²) in [5, 5.41) is 8.38. The topological polar surface area (TPSA) is 79.6 Å². The first-order valence-electron chi connectivity index (χ1n) is 8.72. The van der Waals surface area contributed by atoms with Crippen molar-refractivity contribution < 1.29 is 19.1 Å². The summed E-state index contributed by atoms with van der Waals surface area (Å²) in [6.45, 7) is 2.24. The van der Waals surface area contributed by atoms with Crippen LogP contribution in [0.3, 0.4) is 0 Å². The Morgan fingerprint density at radius 2 is 1.93 bits per heavy atom. The lowest BCUT2D eigenvalue weighted by Crippen LogP contribution is -2.32. The quantitative estimate of drug-likeness (QED) is 0.539. The third-order valence-corrected chi connectivity index (χ3v) is 5.43. The van der Waals surface area contributed by atoms with Crippen LogP contribution in [0.5, 0.6) is 11.5 Å². The minimum Gasteiger partial charge on any atom is -0.492 e. The molecule has 3 rings (SSSR count). The molecule has 0 bridgehead atoms. The van der Waals surface area contributed by atoms with Crippen LogP contribution in [0.25, 0.3) is 6.08 Å². The summed E-state index contributed by atoms with van der Waals surface area (Å²) in [6, 6.07) is 14.7. The van der Waals surface area contributed by atoms with Gasteiger partial charge in [-0.05, 0) is 55.1 Å². The van der Waals surface area contributed by atoms with E-state index in [9.17, 15) is 9.59 Å². The summed E-state index contributed by atoms with van der Waals surface area (Å²) in [4.78, 5) is 26.4. The van der Waals surface area contributed by atoms with Crippen molar-refractivity contribution >= 4 is 44.9 Å². The molecule has 0 spiro atoms. The number of hydrogen-bond donors (Lipinski definition) is 0. The Labute approximate surface area is 181 Å². The van der Waals surface area contributed by atoms with E-state index in [1.807, 2.05) is 37.3 Å². The van der Waals surface area contributed by atoms with Gasteiger partial charge in [-0.25, -0.2) is 0 Å². The molecule has 0 radical (unpaired) electrons. The van der Waals surface area contributed by atoms with Crippen LogP contribution in [-0.4, -0.2) is 35.8 Å². The number of amides is 2. The average Bonchev–Trinajstić information content (AvgIpc) is 2.96. The lowest BCUT2D eigenvalue weighted by Gasteiger charge is -2.13. The van der Waals surface area contributed by atoms with Gasteiger partial charge in [0.1, 0.15) is 24.2 Å². The maximum absolute atomic E-state index is 12.7. The average molecular weight is 473 g/mol. The number of carbonyl (C=O) groups excluding carboxylic acids is 2. The van der Waals surface area contributed by atoms with E-state index in [0.29, 0.717) is 22.0 Å². The molecule has 0 aromatic heterocycles. The lowest BCUT2D eigenvalue weighted by atomic mass is 10.2. The molecule has 0 atom stereocenters. The van der Waals surface area contributed by atoms with Crippen LogP contribution in [0.1, 0.15) is 11.1 Å². The van der Waals surface area contributed by atoms with Crippen LogP contribution in [0.15, 0.2) is 51.8 Å². The first-order valence-corrected chi connectivity index (χ1v) is 10.3. The van der Waals surface area contributed by atoms with Gasteiger partial charge in [-0.2, -0.15) is 5.26 Å². The Kier molecular flexibility index (Phi) is 6.96. The van der Waals surface area contributed by atoms with Crippen LogP contribution < -0.4 is 9.47 Å². The molecule has 0 unspecified atom stereocenters. The fourth-order valence-corrected chi connectivity index (χ4v) is 3.83. The number of carbonyl (C=O) groups is 2. The Morgan fingerprint density at radius 3 is 2.66 bits per heavy atom. The van der Waals surface area contributed by atoms with Crippen molar-refractivity contribution in [3.63, 3.8) is 0 Å². The van der Waals surface area contributed by atoms with Gasteiger partial charge in [0.2, 0.25) is 0 Å². The summed E-state index contributed by atoms with van der Waals surface area (Å²) >= 11 is 4.25. The van der Waals surface area contributed by atoms with Crippen LogP contribution in [-0.2, 0) is 4.79 Å². The molecule has 1 saturated heterocycles. The predicted octanol–water partition coefficient (Wildman–Crippen LogP) is 4.78. The second kappa shape index (κ2) is 9.63. The first-order chi connectivity index (χ1) is 14.0. The van der Waals surface area contributed by atoms with Gasteiger partial charge in [-0.15, -0.1) is 0 Å². The SMILES string of the molecule is Cc1ccc(OCCN2C(=O)S/C(=C\c3cc(Br)ccc3OCC#N)C2=O)cc1. The zero-order valence-corrected chi connectivity index (χ0v) is 18.0. The van der Waals surface area contributed by atoms with Crippen LogP contribution in [0.4, 0.5) is 4.79 Å². The Bertz CT molecular complexity index is 999. The highest BCUT2D eigenvalue weighted by Crippen LogP contribution is 2.34. The fourth-order valence-electron chi connectivity index (χ4n) is 2.60. The van der Waals surface area contributed by atoms with Gasteiger partial charge in [-0.1, -0.05) is 33.6 Å². The van der Waals surface area contributed by atoms with Gasteiger partial charge >= 0.3 is 0 Å². The van der Waals surface area contributed by atoms with Gasteiger partial charge in [0.05, 0.1) is 11.4 Å². The zero-order valence-electron chi connectivity index (χ0n) is 15.6. The normalized spacial score (nSPS) is 14.9. The standard InChI is InChI=1S/C21H17BrN2O4S/c1-14-2-5-17(6-3-14)27-11-9-24-20(25)19(29-21(24)26)13-15-12-16(22)4-7-18(15)28-10-8-23/h2-7,12-13H,9-11H2,1H3/b19-13-. The molecule has 0 saturated carbocycles. The molecule has 0 aliphatic carbocycles. The number of ether oxygens (including phenoxy) is 2. The Morgan fingerprint density at radius 1 is 1.17 bits per heavy atom. The molecule has 2 amide bonds. The minimum absolute atomic E-state index is 0.111. The monoisotopic (exact) mass is 472 g/mol. The zero-order chi connectivity index (χ0) is 20.8. The fraction of sp³-hybridized carbons (Fsp3) is 0.190. The molecule has 2 aromatic rings. The molecule has 1 aliphatic rings. The first kappa shape index (κ1) is 21.0. The number of nitrogens with zero attached hydrogens (tertiary/aromatic N) is 2. The second-order valence-corrected chi connectivity index (χ2v) is 8.03. The maximum Gasteiger partial charge on any atom is 0.293 e. The van der Waals surface area contributed by atoms with Crippen molar-refractivity contribution in [1.29, 1.82) is 5.26 Å². The third kappa shape index (κ3) is 5.40. The number of thioether (sulfide) groups is 1.